The minimum absolute atomic E-state index is 0.800. The Labute approximate surface area is 125 Å². The highest BCUT2D eigenvalue weighted by atomic mass is 16.1. The van der Waals surface area contributed by atoms with E-state index in [1.165, 1.54) is 11.1 Å². The summed E-state index contributed by atoms with van der Waals surface area (Å²) >= 11 is 0. The van der Waals surface area contributed by atoms with Crippen LogP contribution in [-0.2, 0) is 16.0 Å². The zero-order valence-corrected chi connectivity index (χ0v) is 12.5. The summed E-state index contributed by atoms with van der Waals surface area (Å²) in [4.78, 5) is 24.6. The third-order valence-electron chi connectivity index (χ3n) is 3.76. The van der Waals surface area contributed by atoms with E-state index in [9.17, 15) is 9.59 Å². The molecule has 1 aromatic rings. The largest absolute Gasteiger partial charge is 0.322 e. The van der Waals surface area contributed by atoms with Gasteiger partial charge in [0.2, 0.25) is 12.8 Å². The van der Waals surface area contributed by atoms with Crippen molar-refractivity contribution in [2.45, 2.75) is 19.3 Å². The molecule has 0 saturated carbocycles. The predicted octanol–water partition coefficient (Wildman–Crippen LogP) is 2.51. The lowest BCUT2D eigenvalue weighted by atomic mass is 9.96. The van der Waals surface area contributed by atoms with Crippen LogP contribution in [0.4, 0.5) is 5.69 Å². The Morgan fingerprint density at radius 3 is 2.14 bits per heavy atom. The summed E-state index contributed by atoms with van der Waals surface area (Å²) in [5.41, 5.74) is 4.53. The van der Waals surface area contributed by atoms with Crippen molar-refractivity contribution in [1.29, 1.82) is 0 Å². The van der Waals surface area contributed by atoms with Crippen molar-refractivity contribution in [3.05, 3.63) is 53.3 Å². The Balaban J connectivity index is 2.02. The van der Waals surface area contributed by atoms with Gasteiger partial charge in [-0.05, 0) is 43.0 Å². The lowest BCUT2D eigenvalue weighted by Gasteiger charge is -2.20. The van der Waals surface area contributed by atoms with Crippen molar-refractivity contribution < 1.29 is 9.59 Å². The molecule has 0 N–H and O–H groups in total. The van der Waals surface area contributed by atoms with Crippen molar-refractivity contribution in [3.63, 3.8) is 0 Å². The molecule has 2 amide bonds. The molecular formula is C17H20N2O2. The topological polar surface area (TPSA) is 40.6 Å². The average molecular weight is 284 g/mol. The first kappa shape index (κ1) is 15.0. The van der Waals surface area contributed by atoms with E-state index in [0.717, 1.165) is 43.5 Å². The number of rotatable bonds is 6. The van der Waals surface area contributed by atoms with Gasteiger partial charge in [0, 0.05) is 25.5 Å². The smallest absolute Gasteiger partial charge is 0.213 e. The van der Waals surface area contributed by atoms with E-state index in [4.69, 9.17) is 0 Å². The Morgan fingerprint density at radius 2 is 1.62 bits per heavy atom. The molecule has 21 heavy (non-hydrogen) atoms. The number of allylic oxidation sites excluding steroid dienone is 4. The van der Waals surface area contributed by atoms with Crippen LogP contribution in [0.5, 0.6) is 0 Å². The Bertz CT molecular complexity index is 573. The van der Waals surface area contributed by atoms with Gasteiger partial charge in [-0.2, -0.15) is 0 Å². The summed E-state index contributed by atoms with van der Waals surface area (Å²) < 4.78 is 0. The van der Waals surface area contributed by atoms with Crippen LogP contribution in [0.1, 0.15) is 18.4 Å². The molecule has 1 aromatic carbocycles. The standard InChI is InChI=1S/C17H20N2O2/c1-18(12-20)16-7-3-14(4-8-16)11-15-5-9-17(10-6-15)19(2)13-21/h3-5,7-9,12-13H,6,10-11H2,1-2H3. The van der Waals surface area contributed by atoms with Gasteiger partial charge in [0.15, 0.2) is 0 Å². The molecule has 0 unspecified atom stereocenters. The van der Waals surface area contributed by atoms with Crippen LogP contribution in [0.2, 0.25) is 0 Å². The van der Waals surface area contributed by atoms with E-state index >= 15 is 0 Å². The number of amides is 2. The molecule has 110 valence electrons. The first-order valence-electron chi connectivity index (χ1n) is 6.98. The van der Waals surface area contributed by atoms with Gasteiger partial charge in [0.25, 0.3) is 0 Å². The molecule has 0 bridgehead atoms. The first-order valence-corrected chi connectivity index (χ1v) is 6.98. The zero-order valence-electron chi connectivity index (χ0n) is 12.5. The van der Waals surface area contributed by atoms with Crippen LogP contribution in [0, 0.1) is 0 Å². The summed E-state index contributed by atoms with van der Waals surface area (Å²) in [7, 11) is 3.52. The summed E-state index contributed by atoms with van der Waals surface area (Å²) in [6.45, 7) is 0. The van der Waals surface area contributed by atoms with Gasteiger partial charge in [0.1, 0.15) is 0 Å². The number of benzene rings is 1. The normalized spacial score (nSPS) is 14.0. The van der Waals surface area contributed by atoms with Gasteiger partial charge in [-0.15, -0.1) is 0 Å². The lowest BCUT2D eigenvalue weighted by Crippen LogP contribution is -2.16. The number of carbonyl (C=O) groups excluding carboxylic acids is 2. The molecule has 0 aliphatic heterocycles. The Kier molecular flexibility index (Phi) is 4.93. The molecule has 1 aliphatic carbocycles. The van der Waals surface area contributed by atoms with E-state index in [-0.39, 0.29) is 0 Å². The van der Waals surface area contributed by atoms with Crippen LogP contribution in [0.25, 0.3) is 0 Å². The molecule has 0 atom stereocenters. The first-order chi connectivity index (χ1) is 10.1. The molecule has 4 nitrogen and oxygen atoms in total. The second-order valence-corrected chi connectivity index (χ2v) is 5.26. The van der Waals surface area contributed by atoms with Gasteiger partial charge in [-0.1, -0.05) is 23.8 Å². The van der Waals surface area contributed by atoms with Gasteiger partial charge < -0.3 is 9.80 Å². The molecule has 4 heteroatoms. The van der Waals surface area contributed by atoms with E-state index < -0.39 is 0 Å². The van der Waals surface area contributed by atoms with Gasteiger partial charge in [0.05, 0.1) is 0 Å². The Morgan fingerprint density at radius 1 is 0.952 bits per heavy atom. The highest BCUT2D eigenvalue weighted by molar-refractivity contribution is 5.74. The minimum Gasteiger partial charge on any atom is -0.322 e. The highest BCUT2D eigenvalue weighted by Gasteiger charge is 2.10. The van der Waals surface area contributed by atoms with Crippen LogP contribution < -0.4 is 4.90 Å². The zero-order chi connectivity index (χ0) is 15.2. The summed E-state index contributed by atoms with van der Waals surface area (Å²) in [5.74, 6) is 0. The average Bonchev–Trinajstić information content (AvgIpc) is 2.55. The van der Waals surface area contributed by atoms with E-state index in [2.05, 4.69) is 6.08 Å². The van der Waals surface area contributed by atoms with Crippen molar-refractivity contribution in [1.82, 2.24) is 4.90 Å². The monoisotopic (exact) mass is 284 g/mol. The van der Waals surface area contributed by atoms with Crippen LogP contribution in [0.3, 0.4) is 0 Å². The van der Waals surface area contributed by atoms with Crippen molar-refractivity contribution in [2.75, 3.05) is 19.0 Å². The number of hydrogen-bond donors (Lipinski definition) is 0. The molecule has 0 heterocycles. The third kappa shape index (κ3) is 3.81. The van der Waals surface area contributed by atoms with Gasteiger partial charge in [-0.25, -0.2) is 0 Å². The maximum Gasteiger partial charge on any atom is 0.213 e. The summed E-state index contributed by atoms with van der Waals surface area (Å²) in [6, 6.07) is 8.00. The molecule has 2 rings (SSSR count). The number of carbonyl (C=O) groups is 2. The fourth-order valence-electron chi connectivity index (χ4n) is 2.35. The van der Waals surface area contributed by atoms with E-state index in [1.807, 2.05) is 30.3 Å². The number of nitrogens with zero attached hydrogens (tertiary/aromatic N) is 2. The Hall–Kier alpha value is -2.36. The molecule has 0 spiro atoms. The quantitative estimate of drug-likeness (QED) is 0.753. The number of anilines is 1. The van der Waals surface area contributed by atoms with Gasteiger partial charge in [-0.3, -0.25) is 9.59 Å². The number of hydrogen-bond acceptors (Lipinski definition) is 2. The maximum absolute atomic E-state index is 10.7. The molecule has 0 saturated heterocycles. The van der Waals surface area contributed by atoms with Crippen molar-refractivity contribution >= 4 is 18.5 Å². The molecule has 1 aliphatic rings. The lowest BCUT2D eigenvalue weighted by molar-refractivity contribution is -0.115. The molecule has 0 fully saturated rings. The maximum atomic E-state index is 10.7. The summed E-state index contributed by atoms with van der Waals surface area (Å²) in [6.07, 6.45) is 8.53. The summed E-state index contributed by atoms with van der Waals surface area (Å²) in [5, 5.41) is 0. The SMILES string of the molecule is CN(C=O)C1=CC=C(Cc2ccc(N(C)C=O)cc2)CC1. The molecular weight excluding hydrogens is 264 g/mol. The second-order valence-electron chi connectivity index (χ2n) is 5.26. The molecule has 0 aromatic heterocycles. The molecule has 0 radical (unpaired) electrons. The van der Waals surface area contributed by atoms with Crippen LogP contribution >= 0.6 is 0 Å². The van der Waals surface area contributed by atoms with Crippen LogP contribution in [-0.4, -0.2) is 31.8 Å². The minimum atomic E-state index is 0.800. The van der Waals surface area contributed by atoms with Crippen LogP contribution in [0.15, 0.2) is 47.7 Å². The van der Waals surface area contributed by atoms with Crippen molar-refractivity contribution in [3.8, 4) is 0 Å². The fourth-order valence-corrected chi connectivity index (χ4v) is 2.35. The van der Waals surface area contributed by atoms with Gasteiger partial charge >= 0.3 is 0 Å². The van der Waals surface area contributed by atoms with E-state index in [1.54, 1.807) is 23.9 Å². The highest BCUT2D eigenvalue weighted by Crippen LogP contribution is 2.23. The van der Waals surface area contributed by atoms with E-state index in [0.29, 0.717) is 0 Å². The fraction of sp³-hybridized carbons (Fsp3) is 0.294. The third-order valence-corrected chi connectivity index (χ3v) is 3.76. The second kappa shape index (κ2) is 6.88. The van der Waals surface area contributed by atoms with Crippen molar-refractivity contribution in [2.24, 2.45) is 0 Å². The predicted molar refractivity (Wildman–Crippen MR) is 83.8 cm³/mol.